The van der Waals surface area contributed by atoms with Gasteiger partial charge in [-0.15, -0.1) is 0 Å². The summed E-state index contributed by atoms with van der Waals surface area (Å²) >= 11 is 6.42. The maximum Gasteiger partial charge on any atom is 0.162 e. The van der Waals surface area contributed by atoms with E-state index in [0.717, 1.165) is 60.6 Å². The molecule has 0 radical (unpaired) electrons. The molecule has 0 aromatic heterocycles. The van der Waals surface area contributed by atoms with Crippen molar-refractivity contribution in [3.8, 4) is 11.5 Å². The fraction of sp³-hybridized carbons (Fsp3) is 0.667. The molecule has 1 aromatic carbocycles. The molecule has 4 nitrogen and oxygen atoms in total. The second-order valence-corrected chi connectivity index (χ2v) is 6.40. The van der Waals surface area contributed by atoms with Crippen LogP contribution in [0.25, 0.3) is 0 Å². The number of ether oxygens (including phenoxy) is 2. The van der Waals surface area contributed by atoms with Crippen molar-refractivity contribution in [2.24, 2.45) is 5.92 Å². The average molecular weight is 341 g/mol. The molecule has 0 atom stereocenters. The zero-order valence-electron chi connectivity index (χ0n) is 14.3. The van der Waals surface area contributed by atoms with Crippen LogP contribution in [0.1, 0.15) is 38.7 Å². The van der Waals surface area contributed by atoms with E-state index in [2.05, 4.69) is 17.6 Å². The van der Waals surface area contributed by atoms with E-state index in [9.17, 15) is 0 Å². The minimum atomic E-state index is 0.617. The summed E-state index contributed by atoms with van der Waals surface area (Å²) in [5.74, 6) is 2.28. The zero-order valence-corrected chi connectivity index (χ0v) is 15.0. The minimum absolute atomic E-state index is 0.617. The molecule has 1 aromatic rings. The number of nitrogens with one attached hydrogen (secondary N) is 2. The Kier molecular flexibility index (Phi) is 8.00. The Morgan fingerprint density at radius 3 is 2.61 bits per heavy atom. The van der Waals surface area contributed by atoms with Gasteiger partial charge in [-0.05, 0) is 63.4 Å². The smallest absolute Gasteiger partial charge is 0.162 e. The van der Waals surface area contributed by atoms with Crippen LogP contribution in [0.2, 0.25) is 5.02 Å². The van der Waals surface area contributed by atoms with Crippen molar-refractivity contribution in [1.29, 1.82) is 0 Å². The van der Waals surface area contributed by atoms with Crippen LogP contribution in [0.4, 0.5) is 0 Å². The second-order valence-electron chi connectivity index (χ2n) is 6.00. The van der Waals surface area contributed by atoms with Gasteiger partial charge in [-0.1, -0.05) is 18.5 Å². The first kappa shape index (κ1) is 18.4. The summed E-state index contributed by atoms with van der Waals surface area (Å²) in [5, 5.41) is 7.67. The SMILES string of the molecule is CCCOc1cc(Cl)c(CNCC2CCNCC2)cc1OCC. The lowest BCUT2D eigenvalue weighted by atomic mass is 9.98. The summed E-state index contributed by atoms with van der Waals surface area (Å²) in [7, 11) is 0. The highest BCUT2D eigenvalue weighted by Crippen LogP contribution is 2.33. The van der Waals surface area contributed by atoms with Crippen LogP contribution in [0.15, 0.2) is 12.1 Å². The quantitative estimate of drug-likeness (QED) is 0.720. The first-order valence-corrected chi connectivity index (χ1v) is 9.11. The molecule has 1 aliphatic heterocycles. The van der Waals surface area contributed by atoms with Gasteiger partial charge < -0.3 is 20.1 Å². The fourth-order valence-electron chi connectivity index (χ4n) is 2.80. The van der Waals surface area contributed by atoms with Crippen LogP contribution < -0.4 is 20.1 Å². The Morgan fingerprint density at radius 1 is 1.17 bits per heavy atom. The van der Waals surface area contributed by atoms with Gasteiger partial charge in [0.1, 0.15) is 0 Å². The largest absolute Gasteiger partial charge is 0.490 e. The number of hydrogen-bond donors (Lipinski definition) is 2. The van der Waals surface area contributed by atoms with Gasteiger partial charge in [0, 0.05) is 17.6 Å². The summed E-state index contributed by atoms with van der Waals surface area (Å²) in [6.07, 6.45) is 3.45. The van der Waals surface area contributed by atoms with Crippen molar-refractivity contribution in [3.63, 3.8) is 0 Å². The lowest BCUT2D eigenvalue weighted by Crippen LogP contribution is -2.33. The Labute approximate surface area is 144 Å². The number of piperidine rings is 1. The van der Waals surface area contributed by atoms with Crippen LogP contribution in [-0.2, 0) is 6.54 Å². The lowest BCUT2D eigenvalue weighted by molar-refractivity contribution is 0.276. The zero-order chi connectivity index (χ0) is 16.5. The highest BCUT2D eigenvalue weighted by atomic mass is 35.5. The number of rotatable bonds is 9. The summed E-state index contributed by atoms with van der Waals surface area (Å²) in [5.41, 5.74) is 1.06. The number of benzene rings is 1. The van der Waals surface area contributed by atoms with Crippen molar-refractivity contribution < 1.29 is 9.47 Å². The third-order valence-corrected chi connectivity index (χ3v) is 4.43. The molecule has 5 heteroatoms. The summed E-state index contributed by atoms with van der Waals surface area (Å²) in [6.45, 7) is 9.41. The van der Waals surface area contributed by atoms with E-state index < -0.39 is 0 Å². The van der Waals surface area contributed by atoms with Crippen molar-refractivity contribution in [3.05, 3.63) is 22.7 Å². The molecule has 0 amide bonds. The summed E-state index contributed by atoms with van der Waals surface area (Å²) in [6, 6.07) is 3.88. The van der Waals surface area contributed by atoms with E-state index in [1.807, 2.05) is 19.1 Å². The van der Waals surface area contributed by atoms with Gasteiger partial charge in [0.15, 0.2) is 11.5 Å². The molecule has 1 fully saturated rings. The molecule has 0 bridgehead atoms. The molecule has 0 saturated carbocycles. The summed E-state index contributed by atoms with van der Waals surface area (Å²) < 4.78 is 11.4. The maximum atomic E-state index is 6.42. The van der Waals surface area contributed by atoms with E-state index in [0.29, 0.717) is 13.2 Å². The third-order valence-electron chi connectivity index (χ3n) is 4.08. The Bertz CT molecular complexity index is 476. The highest BCUT2D eigenvalue weighted by molar-refractivity contribution is 6.31. The van der Waals surface area contributed by atoms with Crippen molar-refractivity contribution >= 4 is 11.6 Å². The van der Waals surface area contributed by atoms with Crippen LogP contribution in [0.3, 0.4) is 0 Å². The van der Waals surface area contributed by atoms with E-state index >= 15 is 0 Å². The van der Waals surface area contributed by atoms with Gasteiger partial charge in [-0.3, -0.25) is 0 Å². The normalized spacial score (nSPS) is 15.6. The van der Waals surface area contributed by atoms with E-state index in [4.69, 9.17) is 21.1 Å². The van der Waals surface area contributed by atoms with E-state index in [1.165, 1.54) is 12.8 Å². The Hall–Kier alpha value is -0.970. The predicted octanol–water partition coefficient (Wildman–Crippen LogP) is 3.62. The first-order valence-electron chi connectivity index (χ1n) is 8.74. The molecule has 130 valence electrons. The molecule has 1 aliphatic rings. The maximum absolute atomic E-state index is 6.42. The van der Waals surface area contributed by atoms with E-state index in [1.54, 1.807) is 0 Å². The number of hydrogen-bond acceptors (Lipinski definition) is 4. The van der Waals surface area contributed by atoms with Crippen LogP contribution in [-0.4, -0.2) is 32.8 Å². The fourth-order valence-corrected chi connectivity index (χ4v) is 3.02. The van der Waals surface area contributed by atoms with Gasteiger partial charge >= 0.3 is 0 Å². The molecule has 23 heavy (non-hydrogen) atoms. The van der Waals surface area contributed by atoms with Gasteiger partial charge in [-0.25, -0.2) is 0 Å². The molecular weight excluding hydrogens is 312 g/mol. The van der Waals surface area contributed by atoms with Gasteiger partial charge in [0.25, 0.3) is 0 Å². The van der Waals surface area contributed by atoms with Crippen molar-refractivity contribution in [2.45, 2.75) is 39.7 Å². The molecule has 0 spiro atoms. The van der Waals surface area contributed by atoms with Crippen LogP contribution in [0.5, 0.6) is 11.5 Å². The Balaban J connectivity index is 1.95. The average Bonchev–Trinajstić information content (AvgIpc) is 2.57. The molecule has 1 heterocycles. The first-order chi connectivity index (χ1) is 11.2. The number of halogens is 1. The van der Waals surface area contributed by atoms with Gasteiger partial charge in [0.05, 0.1) is 13.2 Å². The van der Waals surface area contributed by atoms with Crippen molar-refractivity contribution in [2.75, 3.05) is 32.8 Å². The monoisotopic (exact) mass is 340 g/mol. The van der Waals surface area contributed by atoms with Crippen molar-refractivity contribution in [1.82, 2.24) is 10.6 Å². The molecule has 1 saturated heterocycles. The molecule has 0 unspecified atom stereocenters. The molecule has 2 rings (SSSR count). The second kappa shape index (κ2) is 10.0. The lowest BCUT2D eigenvalue weighted by Gasteiger charge is -2.23. The van der Waals surface area contributed by atoms with Gasteiger partial charge in [-0.2, -0.15) is 0 Å². The van der Waals surface area contributed by atoms with Gasteiger partial charge in [0.2, 0.25) is 0 Å². The van der Waals surface area contributed by atoms with Crippen LogP contribution >= 0.6 is 11.6 Å². The Morgan fingerprint density at radius 2 is 1.91 bits per heavy atom. The van der Waals surface area contributed by atoms with E-state index in [-0.39, 0.29) is 0 Å². The summed E-state index contributed by atoms with van der Waals surface area (Å²) in [4.78, 5) is 0. The topological polar surface area (TPSA) is 42.5 Å². The molecular formula is C18H29ClN2O2. The van der Waals surface area contributed by atoms with Crippen LogP contribution in [0, 0.1) is 5.92 Å². The standard InChI is InChI=1S/C18H29ClN2O2/c1-3-9-23-18-11-16(19)15(10-17(18)22-4-2)13-21-12-14-5-7-20-8-6-14/h10-11,14,20-21H,3-9,12-13H2,1-2H3. The predicted molar refractivity (Wildman–Crippen MR) is 95.7 cm³/mol. The highest BCUT2D eigenvalue weighted by Gasteiger charge is 2.14. The minimum Gasteiger partial charge on any atom is -0.490 e. The molecule has 2 N–H and O–H groups in total. The molecule has 0 aliphatic carbocycles. The third kappa shape index (κ3) is 5.87.